The molecule has 0 saturated heterocycles. The third-order valence-electron chi connectivity index (χ3n) is 4.86. The van der Waals surface area contributed by atoms with Crippen molar-refractivity contribution in [1.82, 2.24) is 20.4 Å². The Kier molecular flexibility index (Phi) is 7.55. The number of aryl methyl sites for hydroxylation is 4. The molecule has 0 aliphatic heterocycles. The van der Waals surface area contributed by atoms with Crippen LogP contribution in [0.4, 0.5) is 0 Å². The van der Waals surface area contributed by atoms with E-state index < -0.39 is 18.6 Å². The van der Waals surface area contributed by atoms with Gasteiger partial charge in [-0.25, -0.2) is 0 Å². The summed E-state index contributed by atoms with van der Waals surface area (Å²) < 4.78 is 11.3. The van der Waals surface area contributed by atoms with Crippen molar-refractivity contribution in [2.45, 2.75) is 40.2 Å². The van der Waals surface area contributed by atoms with E-state index in [0.717, 1.165) is 40.1 Å². The maximum absolute atomic E-state index is 11.1. The van der Waals surface area contributed by atoms with E-state index in [0.29, 0.717) is 17.5 Å². The zero-order valence-corrected chi connectivity index (χ0v) is 18.7. The molecular weight excluding hydrogens is 412 g/mol. The standard InChI is InChI=1S/C23H28N4O5/c1-5-18-9-17(8-15(4)25-18)23-26-22(27-32-23)16-6-13(2)21(14(3)7-16)31-12-19(29)10-24-20(30)11-28/h6-9,19,28-29H,5,10-12H2,1-4H3,(H,24,30)/t19-/m1/s1. The summed E-state index contributed by atoms with van der Waals surface area (Å²) >= 11 is 0. The molecule has 3 rings (SSSR count). The summed E-state index contributed by atoms with van der Waals surface area (Å²) in [4.78, 5) is 20.1. The highest BCUT2D eigenvalue weighted by molar-refractivity contribution is 5.76. The van der Waals surface area contributed by atoms with Gasteiger partial charge >= 0.3 is 0 Å². The van der Waals surface area contributed by atoms with E-state index in [4.69, 9.17) is 14.4 Å². The number of rotatable bonds is 9. The summed E-state index contributed by atoms with van der Waals surface area (Å²) in [5.74, 6) is 0.997. The monoisotopic (exact) mass is 440 g/mol. The van der Waals surface area contributed by atoms with E-state index in [1.807, 2.05) is 52.0 Å². The minimum Gasteiger partial charge on any atom is -0.490 e. The van der Waals surface area contributed by atoms with Crippen LogP contribution in [0.25, 0.3) is 22.8 Å². The Balaban J connectivity index is 1.74. The van der Waals surface area contributed by atoms with Gasteiger partial charge in [0, 0.05) is 29.1 Å². The van der Waals surface area contributed by atoms with Gasteiger partial charge in [0.15, 0.2) is 0 Å². The van der Waals surface area contributed by atoms with Gasteiger partial charge in [-0.1, -0.05) is 12.1 Å². The number of hydrogen-bond acceptors (Lipinski definition) is 8. The summed E-state index contributed by atoms with van der Waals surface area (Å²) in [6.45, 7) is 7.15. The van der Waals surface area contributed by atoms with E-state index in [2.05, 4.69) is 20.4 Å². The molecule has 1 amide bonds. The Hall–Kier alpha value is -3.30. The predicted molar refractivity (Wildman–Crippen MR) is 118 cm³/mol. The van der Waals surface area contributed by atoms with Gasteiger partial charge in [0.25, 0.3) is 5.89 Å². The minimum absolute atomic E-state index is 0.000247. The molecule has 0 aliphatic carbocycles. The molecular formula is C23H28N4O5. The van der Waals surface area contributed by atoms with Gasteiger partial charge < -0.3 is 24.8 Å². The second-order valence-electron chi connectivity index (χ2n) is 7.63. The number of pyridine rings is 1. The molecule has 0 unspecified atom stereocenters. The number of amides is 1. The third-order valence-corrected chi connectivity index (χ3v) is 4.86. The number of aromatic nitrogens is 3. The van der Waals surface area contributed by atoms with Crippen molar-refractivity contribution >= 4 is 5.91 Å². The lowest BCUT2D eigenvalue weighted by molar-refractivity contribution is -0.124. The summed E-state index contributed by atoms with van der Waals surface area (Å²) in [6, 6.07) is 7.66. The zero-order valence-electron chi connectivity index (χ0n) is 18.7. The molecule has 9 nitrogen and oxygen atoms in total. The van der Waals surface area contributed by atoms with Crippen molar-refractivity contribution in [3.8, 4) is 28.6 Å². The van der Waals surface area contributed by atoms with E-state index in [9.17, 15) is 9.90 Å². The first kappa shape index (κ1) is 23.4. The number of hydrogen-bond donors (Lipinski definition) is 3. The van der Waals surface area contributed by atoms with Crippen LogP contribution >= 0.6 is 0 Å². The van der Waals surface area contributed by atoms with Gasteiger partial charge in [0.1, 0.15) is 25.1 Å². The molecule has 1 atom stereocenters. The fourth-order valence-electron chi connectivity index (χ4n) is 3.33. The van der Waals surface area contributed by atoms with Crippen molar-refractivity contribution in [1.29, 1.82) is 0 Å². The number of aliphatic hydroxyl groups excluding tert-OH is 2. The highest BCUT2D eigenvalue weighted by atomic mass is 16.5. The number of ether oxygens (including phenoxy) is 1. The maximum atomic E-state index is 11.1. The predicted octanol–water partition coefficient (Wildman–Crippen LogP) is 2.13. The van der Waals surface area contributed by atoms with Crippen LogP contribution in [0, 0.1) is 20.8 Å². The molecule has 0 aliphatic rings. The Bertz CT molecular complexity index is 1070. The summed E-state index contributed by atoms with van der Waals surface area (Å²) in [7, 11) is 0. The smallest absolute Gasteiger partial charge is 0.258 e. The Morgan fingerprint density at radius 1 is 1.12 bits per heavy atom. The van der Waals surface area contributed by atoms with E-state index >= 15 is 0 Å². The van der Waals surface area contributed by atoms with Crippen LogP contribution in [0.1, 0.15) is 29.4 Å². The lowest BCUT2D eigenvalue weighted by atomic mass is 10.1. The largest absolute Gasteiger partial charge is 0.490 e. The number of nitrogens with zero attached hydrogens (tertiary/aromatic N) is 3. The van der Waals surface area contributed by atoms with Crippen LogP contribution in [0.5, 0.6) is 5.75 Å². The molecule has 0 fully saturated rings. The lowest BCUT2D eigenvalue weighted by Gasteiger charge is -2.16. The zero-order chi connectivity index (χ0) is 23.3. The Morgan fingerprint density at radius 2 is 1.84 bits per heavy atom. The normalized spacial score (nSPS) is 11.9. The van der Waals surface area contributed by atoms with Crippen molar-refractivity contribution in [2.24, 2.45) is 0 Å². The van der Waals surface area contributed by atoms with Crippen LogP contribution in [0.2, 0.25) is 0 Å². The highest BCUT2D eigenvalue weighted by Crippen LogP contribution is 2.30. The van der Waals surface area contributed by atoms with Crippen LogP contribution < -0.4 is 10.1 Å². The topological polar surface area (TPSA) is 131 Å². The average molecular weight is 441 g/mol. The molecule has 0 radical (unpaired) electrons. The van der Waals surface area contributed by atoms with Crippen molar-refractivity contribution in [2.75, 3.05) is 19.8 Å². The van der Waals surface area contributed by atoms with Gasteiger partial charge in [-0.2, -0.15) is 4.98 Å². The molecule has 0 spiro atoms. The summed E-state index contributed by atoms with van der Waals surface area (Å²) in [5, 5.41) is 25.2. The first-order valence-corrected chi connectivity index (χ1v) is 10.4. The Labute approximate surface area is 186 Å². The number of nitrogens with one attached hydrogen (secondary N) is 1. The van der Waals surface area contributed by atoms with Crippen LogP contribution in [0.3, 0.4) is 0 Å². The maximum Gasteiger partial charge on any atom is 0.258 e. The lowest BCUT2D eigenvalue weighted by Crippen LogP contribution is -2.36. The van der Waals surface area contributed by atoms with E-state index in [-0.39, 0.29) is 13.2 Å². The summed E-state index contributed by atoms with van der Waals surface area (Å²) in [6.07, 6.45) is -0.0848. The quantitative estimate of drug-likeness (QED) is 0.461. The van der Waals surface area contributed by atoms with Crippen molar-refractivity contribution in [3.63, 3.8) is 0 Å². The van der Waals surface area contributed by atoms with E-state index in [1.165, 1.54) is 0 Å². The van der Waals surface area contributed by atoms with Gasteiger partial charge in [-0.3, -0.25) is 9.78 Å². The molecule has 170 valence electrons. The van der Waals surface area contributed by atoms with Gasteiger partial charge in [-0.15, -0.1) is 0 Å². The molecule has 32 heavy (non-hydrogen) atoms. The first-order chi connectivity index (χ1) is 15.3. The first-order valence-electron chi connectivity index (χ1n) is 10.4. The third kappa shape index (κ3) is 5.68. The fourth-order valence-corrected chi connectivity index (χ4v) is 3.33. The number of benzene rings is 1. The van der Waals surface area contributed by atoms with Gasteiger partial charge in [0.2, 0.25) is 11.7 Å². The van der Waals surface area contributed by atoms with Gasteiger partial charge in [-0.05, 0) is 62.6 Å². The second kappa shape index (κ2) is 10.3. The fraction of sp³-hybridized carbons (Fsp3) is 0.391. The SMILES string of the molecule is CCc1cc(-c2nc(-c3cc(C)c(OC[C@H](O)CNC(=O)CO)c(C)c3)no2)cc(C)n1. The van der Waals surface area contributed by atoms with Crippen LogP contribution in [-0.2, 0) is 11.2 Å². The van der Waals surface area contributed by atoms with Gasteiger partial charge in [0.05, 0.1) is 0 Å². The number of carbonyl (C=O) groups is 1. The molecule has 2 aromatic heterocycles. The van der Waals surface area contributed by atoms with Crippen molar-refractivity contribution < 1.29 is 24.3 Å². The molecule has 3 N–H and O–H groups in total. The van der Waals surface area contributed by atoms with Crippen LogP contribution in [0.15, 0.2) is 28.8 Å². The summed E-state index contributed by atoms with van der Waals surface area (Å²) in [5.41, 5.74) is 5.19. The molecule has 0 saturated carbocycles. The second-order valence-corrected chi connectivity index (χ2v) is 7.63. The highest BCUT2D eigenvalue weighted by Gasteiger charge is 2.16. The molecule has 2 heterocycles. The Morgan fingerprint density at radius 3 is 2.50 bits per heavy atom. The van der Waals surface area contributed by atoms with Crippen molar-refractivity contribution in [3.05, 3.63) is 46.8 Å². The molecule has 3 aromatic rings. The van der Waals surface area contributed by atoms with E-state index in [1.54, 1.807) is 0 Å². The molecule has 0 bridgehead atoms. The average Bonchev–Trinajstić information content (AvgIpc) is 3.26. The number of carbonyl (C=O) groups excluding carboxylic acids is 1. The minimum atomic E-state index is -0.902. The molecule has 9 heteroatoms. The number of aliphatic hydroxyl groups is 2. The molecule has 1 aromatic carbocycles. The van der Waals surface area contributed by atoms with Crippen LogP contribution in [-0.4, -0.2) is 57.1 Å².